The van der Waals surface area contributed by atoms with Crippen molar-refractivity contribution in [2.24, 2.45) is 0 Å². The molecule has 82 valence electrons. The van der Waals surface area contributed by atoms with Gasteiger partial charge >= 0.3 is 0 Å². The first-order valence-electron chi connectivity index (χ1n) is 5.74. The Bertz CT molecular complexity index is 308. The molecule has 0 saturated carbocycles. The van der Waals surface area contributed by atoms with Crippen LogP contribution in [-0.4, -0.2) is 25.2 Å². The first-order chi connectivity index (χ1) is 7.18. The summed E-state index contributed by atoms with van der Waals surface area (Å²) < 4.78 is 0. The van der Waals surface area contributed by atoms with E-state index in [0.717, 1.165) is 13.1 Å². The van der Waals surface area contributed by atoms with Crippen molar-refractivity contribution >= 4 is 5.69 Å². The number of nitrogens with zero attached hydrogens (tertiary/aromatic N) is 1. The molecule has 0 unspecified atom stereocenters. The third-order valence-electron chi connectivity index (χ3n) is 3.16. The summed E-state index contributed by atoms with van der Waals surface area (Å²) in [7, 11) is 0. The van der Waals surface area contributed by atoms with Crippen molar-refractivity contribution in [2.75, 3.05) is 18.0 Å². The Morgan fingerprint density at radius 1 is 1.07 bits per heavy atom. The number of anilines is 1. The number of piperazine rings is 1. The fourth-order valence-electron chi connectivity index (χ4n) is 2.36. The summed E-state index contributed by atoms with van der Waals surface area (Å²) in [4.78, 5) is 2.51. The van der Waals surface area contributed by atoms with E-state index in [0.29, 0.717) is 12.1 Å². The van der Waals surface area contributed by atoms with E-state index in [1.807, 2.05) is 0 Å². The zero-order valence-corrected chi connectivity index (χ0v) is 9.83. The molecule has 1 aromatic rings. The molecule has 1 aromatic carbocycles. The lowest BCUT2D eigenvalue weighted by Crippen LogP contribution is -2.55. The van der Waals surface area contributed by atoms with Crippen LogP contribution in [0, 0.1) is 6.92 Å². The minimum Gasteiger partial charge on any atom is -0.364 e. The zero-order valence-electron chi connectivity index (χ0n) is 9.83. The lowest BCUT2D eigenvalue weighted by molar-refractivity contribution is 0.432. The quantitative estimate of drug-likeness (QED) is 0.754. The van der Waals surface area contributed by atoms with Gasteiger partial charge in [-0.2, -0.15) is 0 Å². The standard InChI is InChI=1S/C13H20N2/c1-10-4-6-13(7-5-10)15-11(2)8-14-9-12(15)3/h4-7,11-12,14H,8-9H2,1-3H3/t11-,12+. The lowest BCUT2D eigenvalue weighted by Gasteiger charge is -2.41. The molecule has 1 N–H and O–H groups in total. The Morgan fingerprint density at radius 3 is 2.13 bits per heavy atom. The van der Waals surface area contributed by atoms with E-state index in [-0.39, 0.29) is 0 Å². The average molecular weight is 204 g/mol. The highest BCUT2D eigenvalue weighted by Gasteiger charge is 2.24. The lowest BCUT2D eigenvalue weighted by atomic mass is 10.1. The van der Waals surface area contributed by atoms with Crippen LogP contribution >= 0.6 is 0 Å². The molecule has 2 nitrogen and oxygen atoms in total. The van der Waals surface area contributed by atoms with Crippen LogP contribution in [0.15, 0.2) is 24.3 Å². The van der Waals surface area contributed by atoms with Gasteiger partial charge in [0, 0.05) is 30.9 Å². The predicted molar refractivity (Wildman–Crippen MR) is 65.5 cm³/mol. The maximum Gasteiger partial charge on any atom is 0.0389 e. The second-order valence-electron chi connectivity index (χ2n) is 4.60. The number of nitrogens with one attached hydrogen (secondary N) is 1. The first-order valence-corrected chi connectivity index (χ1v) is 5.74. The van der Waals surface area contributed by atoms with Crippen LogP contribution in [0.1, 0.15) is 19.4 Å². The maximum absolute atomic E-state index is 3.45. The van der Waals surface area contributed by atoms with Crippen molar-refractivity contribution in [3.63, 3.8) is 0 Å². The number of hydrogen-bond acceptors (Lipinski definition) is 2. The van der Waals surface area contributed by atoms with Crippen LogP contribution in [0.3, 0.4) is 0 Å². The second kappa shape index (κ2) is 4.23. The number of hydrogen-bond donors (Lipinski definition) is 1. The van der Waals surface area contributed by atoms with Crippen LogP contribution in [0.5, 0.6) is 0 Å². The van der Waals surface area contributed by atoms with Crippen molar-refractivity contribution in [3.8, 4) is 0 Å². The van der Waals surface area contributed by atoms with Crippen molar-refractivity contribution < 1.29 is 0 Å². The van der Waals surface area contributed by atoms with E-state index >= 15 is 0 Å². The topological polar surface area (TPSA) is 15.3 Å². The minimum atomic E-state index is 0.580. The summed E-state index contributed by atoms with van der Waals surface area (Å²) in [5.74, 6) is 0. The molecule has 0 bridgehead atoms. The van der Waals surface area contributed by atoms with E-state index in [2.05, 4.69) is 55.3 Å². The van der Waals surface area contributed by atoms with Gasteiger partial charge in [-0.05, 0) is 32.9 Å². The fraction of sp³-hybridized carbons (Fsp3) is 0.538. The average Bonchev–Trinajstić information content (AvgIpc) is 2.20. The van der Waals surface area contributed by atoms with Gasteiger partial charge in [-0.3, -0.25) is 0 Å². The first kappa shape index (κ1) is 10.5. The van der Waals surface area contributed by atoms with Gasteiger partial charge in [0.05, 0.1) is 0 Å². The Morgan fingerprint density at radius 2 is 1.60 bits per heavy atom. The van der Waals surface area contributed by atoms with Crippen LogP contribution in [0.2, 0.25) is 0 Å². The van der Waals surface area contributed by atoms with Gasteiger partial charge in [-0.1, -0.05) is 17.7 Å². The van der Waals surface area contributed by atoms with Crippen molar-refractivity contribution in [2.45, 2.75) is 32.9 Å². The van der Waals surface area contributed by atoms with Crippen molar-refractivity contribution in [3.05, 3.63) is 29.8 Å². The summed E-state index contributed by atoms with van der Waals surface area (Å²) >= 11 is 0. The predicted octanol–water partition coefficient (Wildman–Crippen LogP) is 2.18. The normalized spacial score (nSPS) is 26.7. The molecule has 0 spiro atoms. The summed E-state index contributed by atoms with van der Waals surface area (Å²) in [6.45, 7) is 8.86. The Kier molecular flexibility index (Phi) is 2.96. The van der Waals surface area contributed by atoms with E-state index in [1.165, 1.54) is 11.3 Å². The number of rotatable bonds is 1. The summed E-state index contributed by atoms with van der Waals surface area (Å²) in [5.41, 5.74) is 2.68. The van der Waals surface area contributed by atoms with Gasteiger partial charge in [-0.25, -0.2) is 0 Å². The fourth-order valence-corrected chi connectivity index (χ4v) is 2.36. The summed E-state index contributed by atoms with van der Waals surface area (Å²) in [5, 5.41) is 3.45. The van der Waals surface area contributed by atoms with Gasteiger partial charge in [0.1, 0.15) is 0 Å². The summed E-state index contributed by atoms with van der Waals surface area (Å²) in [6, 6.07) is 10.0. The molecular formula is C13H20N2. The van der Waals surface area contributed by atoms with Crippen LogP contribution < -0.4 is 10.2 Å². The van der Waals surface area contributed by atoms with Crippen LogP contribution in [0.4, 0.5) is 5.69 Å². The van der Waals surface area contributed by atoms with Gasteiger partial charge < -0.3 is 10.2 Å². The summed E-state index contributed by atoms with van der Waals surface area (Å²) in [6.07, 6.45) is 0. The van der Waals surface area contributed by atoms with Crippen LogP contribution in [0.25, 0.3) is 0 Å². The van der Waals surface area contributed by atoms with Gasteiger partial charge in [0.2, 0.25) is 0 Å². The Balaban J connectivity index is 2.23. The largest absolute Gasteiger partial charge is 0.364 e. The highest BCUT2D eigenvalue weighted by Crippen LogP contribution is 2.22. The van der Waals surface area contributed by atoms with E-state index in [9.17, 15) is 0 Å². The van der Waals surface area contributed by atoms with Crippen molar-refractivity contribution in [1.82, 2.24) is 5.32 Å². The molecule has 0 aliphatic carbocycles. The molecule has 2 heteroatoms. The van der Waals surface area contributed by atoms with Gasteiger partial charge in [-0.15, -0.1) is 0 Å². The third-order valence-corrected chi connectivity index (χ3v) is 3.16. The molecule has 1 heterocycles. The molecule has 1 saturated heterocycles. The Hall–Kier alpha value is -1.02. The molecule has 0 aromatic heterocycles. The molecule has 15 heavy (non-hydrogen) atoms. The van der Waals surface area contributed by atoms with Crippen LogP contribution in [-0.2, 0) is 0 Å². The smallest absolute Gasteiger partial charge is 0.0389 e. The van der Waals surface area contributed by atoms with Gasteiger partial charge in [0.25, 0.3) is 0 Å². The Labute approximate surface area is 92.3 Å². The highest BCUT2D eigenvalue weighted by atomic mass is 15.2. The van der Waals surface area contributed by atoms with Crippen molar-refractivity contribution in [1.29, 1.82) is 0 Å². The molecular weight excluding hydrogens is 184 g/mol. The SMILES string of the molecule is Cc1ccc(N2[C@H](C)CNC[C@@H]2C)cc1. The highest BCUT2D eigenvalue weighted by molar-refractivity contribution is 5.50. The molecule has 1 fully saturated rings. The number of aryl methyl sites for hydroxylation is 1. The minimum absolute atomic E-state index is 0.580. The maximum atomic E-state index is 3.45. The monoisotopic (exact) mass is 204 g/mol. The second-order valence-corrected chi connectivity index (χ2v) is 4.60. The van der Waals surface area contributed by atoms with E-state index in [4.69, 9.17) is 0 Å². The zero-order chi connectivity index (χ0) is 10.8. The molecule has 0 radical (unpaired) electrons. The van der Waals surface area contributed by atoms with E-state index < -0.39 is 0 Å². The number of benzene rings is 1. The van der Waals surface area contributed by atoms with E-state index in [1.54, 1.807) is 0 Å². The molecule has 1 aliphatic heterocycles. The molecule has 1 aliphatic rings. The van der Waals surface area contributed by atoms with Gasteiger partial charge in [0.15, 0.2) is 0 Å². The molecule has 2 rings (SSSR count). The third kappa shape index (κ3) is 2.15. The molecule has 2 atom stereocenters. The molecule has 0 amide bonds.